The Bertz CT molecular complexity index is 967. The van der Waals surface area contributed by atoms with Gasteiger partial charge in [-0.15, -0.1) is 0 Å². The van der Waals surface area contributed by atoms with Gasteiger partial charge in [-0.3, -0.25) is 9.59 Å². The van der Waals surface area contributed by atoms with Gasteiger partial charge in [0, 0.05) is 19.1 Å². The van der Waals surface area contributed by atoms with Gasteiger partial charge < -0.3 is 19.5 Å². The van der Waals surface area contributed by atoms with E-state index in [1.807, 2.05) is 23.3 Å². The van der Waals surface area contributed by atoms with Crippen LogP contribution in [0.4, 0.5) is 4.39 Å². The summed E-state index contributed by atoms with van der Waals surface area (Å²) in [6, 6.07) is 7.86. The second-order valence-electron chi connectivity index (χ2n) is 8.83. The number of aromatic nitrogens is 1. The molecule has 2 atom stereocenters. The quantitative estimate of drug-likeness (QED) is 0.787. The molecule has 1 N–H and O–H groups in total. The zero-order valence-electron chi connectivity index (χ0n) is 18.4. The maximum Gasteiger partial charge on any atom is 0.268 e. The Labute approximate surface area is 182 Å². The summed E-state index contributed by atoms with van der Waals surface area (Å²) in [6.07, 6.45) is 2.00. The van der Waals surface area contributed by atoms with Gasteiger partial charge in [0.25, 0.3) is 11.8 Å². The molecule has 3 heterocycles. The minimum atomic E-state index is -0.308. The van der Waals surface area contributed by atoms with Crippen molar-refractivity contribution >= 4 is 11.8 Å². The Morgan fingerprint density at radius 3 is 2.58 bits per heavy atom. The molecule has 2 amide bonds. The molecule has 1 aromatic carbocycles. The molecule has 0 radical (unpaired) electrons. The van der Waals surface area contributed by atoms with Crippen LogP contribution in [0.25, 0.3) is 0 Å². The van der Waals surface area contributed by atoms with Gasteiger partial charge in [0.2, 0.25) is 0 Å². The number of nitrogens with one attached hydrogen (secondary N) is 1. The molecule has 1 aromatic heterocycles. The van der Waals surface area contributed by atoms with Gasteiger partial charge in [-0.1, -0.05) is 26.0 Å². The maximum absolute atomic E-state index is 13.4. The Kier molecular flexibility index (Phi) is 6.14. The fraction of sp³-hybridized carbons (Fsp3) is 0.500. The highest BCUT2D eigenvalue weighted by molar-refractivity contribution is 6.01. The molecule has 2 aliphatic rings. The van der Waals surface area contributed by atoms with Crippen molar-refractivity contribution < 1.29 is 18.7 Å². The van der Waals surface area contributed by atoms with Crippen LogP contribution in [-0.4, -0.2) is 40.5 Å². The molecule has 7 heteroatoms. The second kappa shape index (κ2) is 8.83. The number of amides is 2. The minimum absolute atomic E-state index is 0.0303. The highest BCUT2D eigenvalue weighted by Gasteiger charge is 2.32. The van der Waals surface area contributed by atoms with Gasteiger partial charge in [0.15, 0.2) is 0 Å². The second-order valence-corrected chi connectivity index (χ2v) is 8.83. The molecule has 6 nitrogen and oxygen atoms in total. The molecule has 31 heavy (non-hydrogen) atoms. The number of likely N-dealkylation sites (tertiary alicyclic amines) is 1. The molecule has 2 aliphatic heterocycles. The summed E-state index contributed by atoms with van der Waals surface area (Å²) >= 11 is 0. The van der Waals surface area contributed by atoms with Crippen LogP contribution in [0.1, 0.15) is 71.8 Å². The number of halogens is 1. The van der Waals surface area contributed by atoms with Crippen molar-refractivity contribution in [2.45, 2.75) is 58.8 Å². The average Bonchev–Trinajstić information content (AvgIpc) is 3.36. The summed E-state index contributed by atoms with van der Waals surface area (Å²) < 4.78 is 20.9. The van der Waals surface area contributed by atoms with Gasteiger partial charge in [-0.25, -0.2) is 4.39 Å². The van der Waals surface area contributed by atoms with E-state index in [2.05, 4.69) is 12.2 Å². The summed E-state index contributed by atoms with van der Waals surface area (Å²) in [6.45, 7) is 8.19. The number of fused-ring (bicyclic) bond motifs is 1. The first-order chi connectivity index (χ1) is 14.9. The molecular formula is C24H30FN3O3. The van der Waals surface area contributed by atoms with Crippen molar-refractivity contribution in [1.29, 1.82) is 0 Å². The number of nitrogens with zero attached hydrogens (tertiary/aromatic N) is 2. The molecular weight excluding hydrogens is 397 g/mol. The number of hydrogen-bond donors (Lipinski definition) is 1. The monoisotopic (exact) mass is 427 g/mol. The molecule has 2 unspecified atom stereocenters. The molecule has 166 valence electrons. The van der Waals surface area contributed by atoms with Crippen LogP contribution < -0.4 is 5.32 Å². The van der Waals surface area contributed by atoms with E-state index in [0.717, 1.165) is 30.6 Å². The van der Waals surface area contributed by atoms with E-state index in [-0.39, 0.29) is 35.6 Å². The first kappa shape index (κ1) is 21.6. The summed E-state index contributed by atoms with van der Waals surface area (Å²) in [5.74, 6) is -0.463. The lowest BCUT2D eigenvalue weighted by Crippen LogP contribution is -2.34. The molecule has 4 rings (SSSR count). The Morgan fingerprint density at radius 1 is 1.19 bits per heavy atom. The summed E-state index contributed by atoms with van der Waals surface area (Å²) in [4.78, 5) is 28.5. The highest BCUT2D eigenvalue weighted by Crippen LogP contribution is 2.28. The SMILES string of the molecule is CC(C)C(NC(=O)c1cc(C(=O)N2CCCC2C)c2n1CCOC2)c1ccc(F)cc1. The van der Waals surface area contributed by atoms with Gasteiger partial charge in [-0.05, 0) is 49.4 Å². The van der Waals surface area contributed by atoms with Crippen LogP contribution in [0.15, 0.2) is 30.3 Å². The first-order valence-corrected chi connectivity index (χ1v) is 11.0. The normalized spacial score (nSPS) is 19.4. The molecule has 1 fully saturated rings. The number of carbonyl (C=O) groups excluding carboxylic acids is 2. The summed E-state index contributed by atoms with van der Waals surface area (Å²) in [7, 11) is 0. The third-order valence-electron chi connectivity index (χ3n) is 6.37. The van der Waals surface area contributed by atoms with Crippen LogP contribution in [-0.2, 0) is 17.9 Å². The predicted octanol–water partition coefficient (Wildman–Crippen LogP) is 3.91. The van der Waals surface area contributed by atoms with Gasteiger partial charge in [0.05, 0.1) is 30.5 Å². The van der Waals surface area contributed by atoms with Gasteiger partial charge in [-0.2, -0.15) is 0 Å². The predicted molar refractivity (Wildman–Crippen MR) is 115 cm³/mol. The Morgan fingerprint density at radius 2 is 1.94 bits per heavy atom. The number of benzene rings is 1. The average molecular weight is 428 g/mol. The molecule has 0 spiro atoms. The Balaban J connectivity index is 1.63. The maximum atomic E-state index is 13.4. The molecule has 2 aromatic rings. The van der Waals surface area contributed by atoms with E-state index in [1.165, 1.54) is 12.1 Å². The van der Waals surface area contributed by atoms with Crippen molar-refractivity contribution in [1.82, 2.24) is 14.8 Å². The molecule has 0 bridgehead atoms. The minimum Gasteiger partial charge on any atom is -0.373 e. The zero-order valence-corrected chi connectivity index (χ0v) is 18.4. The topological polar surface area (TPSA) is 63.6 Å². The van der Waals surface area contributed by atoms with Crippen molar-refractivity contribution in [3.63, 3.8) is 0 Å². The van der Waals surface area contributed by atoms with Crippen LogP contribution in [0.3, 0.4) is 0 Å². The van der Waals surface area contributed by atoms with Crippen molar-refractivity contribution in [2.24, 2.45) is 5.92 Å². The number of rotatable bonds is 5. The number of carbonyl (C=O) groups is 2. The van der Waals surface area contributed by atoms with Crippen LogP contribution in [0, 0.1) is 11.7 Å². The smallest absolute Gasteiger partial charge is 0.268 e. The van der Waals surface area contributed by atoms with E-state index in [4.69, 9.17) is 4.74 Å². The van der Waals surface area contributed by atoms with E-state index < -0.39 is 0 Å². The molecule has 0 saturated carbocycles. The lowest BCUT2D eigenvalue weighted by molar-refractivity contribution is 0.0696. The number of ether oxygens (including phenoxy) is 1. The van der Waals surface area contributed by atoms with Crippen LogP contribution in [0.5, 0.6) is 0 Å². The van der Waals surface area contributed by atoms with Gasteiger partial charge in [0.1, 0.15) is 11.5 Å². The van der Waals surface area contributed by atoms with E-state index in [0.29, 0.717) is 31.0 Å². The fourth-order valence-electron chi connectivity index (χ4n) is 4.61. The summed E-state index contributed by atoms with van der Waals surface area (Å²) in [5.41, 5.74) is 2.65. The fourth-order valence-corrected chi connectivity index (χ4v) is 4.61. The third kappa shape index (κ3) is 4.24. The number of hydrogen-bond acceptors (Lipinski definition) is 3. The van der Waals surface area contributed by atoms with E-state index >= 15 is 0 Å². The lowest BCUT2D eigenvalue weighted by atomic mass is 9.96. The van der Waals surface area contributed by atoms with E-state index in [1.54, 1.807) is 18.2 Å². The highest BCUT2D eigenvalue weighted by atomic mass is 19.1. The van der Waals surface area contributed by atoms with Crippen LogP contribution >= 0.6 is 0 Å². The lowest BCUT2D eigenvalue weighted by Gasteiger charge is -2.25. The molecule has 0 aliphatic carbocycles. The first-order valence-electron chi connectivity index (χ1n) is 11.0. The van der Waals surface area contributed by atoms with Crippen molar-refractivity contribution in [3.05, 3.63) is 58.7 Å². The van der Waals surface area contributed by atoms with E-state index in [9.17, 15) is 14.0 Å². The van der Waals surface area contributed by atoms with Crippen LogP contribution in [0.2, 0.25) is 0 Å². The van der Waals surface area contributed by atoms with Crippen molar-refractivity contribution in [3.8, 4) is 0 Å². The standard InChI is InChI=1S/C24H30FN3O3/c1-15(2)22(17-6-8-18(25)9-7-17)26-23(29)20-13-19(21-14-31-12-11-28(20)21)24(30)27-10-4-5-16(27)3/h6-9,13,15-16,22H,4-5,10-12,14H2,1-3H3,(H,26,29). The Hall–Kier alpha value is -2.67. The summed E-state index contributed by atoms with van der Waals surface area (Å²) in [5, 5.41) is 3.10. The largest absolute Gasteiger partial charge is 0.373 e. The zero-order chi connectivity index (χ0) is 22.1. The third-order valence-corrected chi connectivity index (χ3v) is 6.37. The molecule has 1 saturated heterocycles. The van der Waals surface area contributed by atoms with Gasteiger partial charge >= 0.3 is 0 Å². The van der Waals surface area contributed by atoms with Crippen molar-refractivity contribution in [2.75, 3.05) is 13.2 Å².